The summed E-state index contributed by atoms with van der Waals surface area (Å²) in [6.45, 7) is 1.78. The van der Waals surface area contributed by atoms with Gasteiger partial charge >= 0.3 is 0 Å². The molecular weight excluding hydrogens is 321 g/mol. The summed E-state index contributed by atoms with van der Waals surface area (Å²) in [5, 5.41) is 3.60. The normalized spacial score (nSPS) is 12.1. The molecule has 0 fully saturated rings. The first kappa shape index (κ1) is 14.0. The molecule has 3 rings (SSSR count). The molecule has 2 heterocycles. The van der Waals surface area contributed by atoms with Crippen LogP contribution in [0.4, 0.5) is 4.39 Å². The first-order valence-corrected chi connectivity index (χ1v) is 8.18. The summed E-state index contributed by atoms with van der Waals surface area (Å²) in [4.78, 5) is 3.75. The number of benzene rings is 1. The van der Waals surface area contributed by atoms with Gasteiger partial charge in [-0.25, -0.2) is 12.8 Å². The highest BCUT2D eigenvalue weighted by Gasteiger charge is 2.22. The van der Waals surface area contributed by atoms with Crippen molar-refractivity contribution in [3.63, 3.8) is 0 Å². The second-order valence-corrected chi connectivity index (χ2v) is 6.96. The molecular formula is C12H9ClFN3O3S. The molecule has 0 saturated heterocycles. The molecule has 0 aliphatic carbocycles. The van der Waals surface area contributed by atoms with Crippen molar-refractivity contribution in [2.24, 2.45) is 0 Å². The molecule has 2 aromatic heterocycles. The number of fused-ring (bicyclic) bond motifs is 1. The Balaban J connectivity index is 2.22. The van der Waals surface area contributed by atoms with E-state index in [1.165, 1.54) is 22.9 Å². The average Bonchev–Trinajstić information content (AvgIpc) is 2.95. The third-order valence-corrected chi connectivity index (χ3v) is 4.29. The largest absolute Gasteiger partial charge is 0.337 e. The van der Waals surface area contributed by atoms with Crippen LogP contribution in [0.2, 0.25) is 0 Å². The Bertz CT molecular complexity index is 933. The molecule has 3 aromatic rings. The van der Waals surface area contributed by atoms with Gasteiger partial charge in [0.1, 0.15) is 17.3 Å². The standard InChI is InChI=1S/C12H9ClFN3O3S/c1-7-15-11(20-16-7)6-17-5-10(21(13,18)19)12-8(14)3-2-4-9(12)17/h2-5H,6H2,1H3. The molecule has 0 saturated carbocycles. The Labute approximate surface area is 123 Å². The maximum atomic E-state index is 13.9. The van der Waals surface area contributed by atoms with Gasteiger partial charge in [-0.05, 0) is 19.1 Å². The predicted octanol–water partition coefficient (Wildman–Crippen LogP) is 2.45. The Morgan fingerprint density at radius 1 is 1.43 bits per heavy atom. The fourth-order valence-electron chi connectivity index (χ4n) is 2.14. The first-order valence-electron chi connectivity index (χ1n) is 5.87. The van der Waals surface area contributed by atoms with Gasteiger partial charge in [0.2, 0.25) is 5.89 Å². The Morgan fingerprint density at radius 3 is 2.81 bits per heavy atom. The molecule has 0 radical (unpaired) electrons. The number of rotatable bonds is 3. The van der Waals surface area contributed by atoms with Crippen LogP contribution < -0.4 is 0 Å². The van der Waals surface area contributed by atoms with E-state index >= 15 is 0 Å². The monoisotopic (exact) mass is 329 g/mol. The van der Waals surface area contributed by atoms with Gasteiger partial charge < -0.3 is 9.09 Å². The van der Waals surface area contributed by atoms with Gasteiger partial charge in [0.15, 0.2) is 5.82 Å². The zero-order valence-corrected chi connectivity index (χ0v) is 12.3. The fourth-order valence-corrected chi connectivity index (χ4v) is 3.19. The number of halogens is 2. The van der Waals surface area contributed by atoms with E-state index < -0.39 is 14.9 Å². The van der Waals surface area contributed by atoms with Gasteiger partial charge in [0, 0.05) is 16.9 Å². The molecule has 0 amide bonds. The van der Waals surface area contributed by atoms with Gasteiger partial charge in [-0.15, -0.1) is 0 Å². The highest BCUT2D eigenvalue weighted by Crippen LogP contribution is 2.30. The van der Waals surface area contributed by atoms with Crippen LogP contribution in [0.1, 0.15) is 11.7 Å². The van der Waals surface area contributed by atoms with E-state index in [0.29, 0.717) is 11.3 Å². The van der Waals surface area contributed by atoms with E-state index in [-0.39, 0.29) is 22.7 Å². The van der Waals surface area contributed by atoms with Gasteiger partial charge in [-0.1, -0.05) is 11.2 Å². The molecule has 21 heavy (non-hydrogen) atoms. The van der Waals surface area contributed by atoms with Crippen LogP contribution in [0.5, 0.6) is 0 Å². The molecule has 6 nitrogen and oxygen atoms in total. The molecule has 0 unspecified atom stereocenters. The Morgan fingerprint density at radius 2 is 2.19 bits per heavy atom. The average molecular weight is 330 g/mol. The van der Waals surface area contributed by atoms with Crippen molar-refractivity contribution >= 4 is 30.6 Å². The van der Waals surface area contributed by atoms with Crippen LogP contribution in [0.15, 0.2) is 33.8 Å². The highest BCUT2D eigenvalue weighted by molar-refractivity contribution is 8.14. The van der Waals surface area contributed by atoms with Crippen LogP contribution in [0, 0.1) is 12.7 Å². The lowest BCUT2D eigenvalue weighted by atomic mass is 10.2. The van der Waals surface area contributed by atoms with E-state index in [1.54, 1.807) is 13.0 Å². The molecule has 0 bridgehead atoms. The summed E-state index contributed by atoms with van der Waals surface area (Å²) in [5.74, 6) is 0.0807. The Hall–Kier alpha value is -1.93. The first-order chi connectivity index (χ1) is 9.86. The van der Waals surface area contributed by atoms with Gasteiger partial charge in [-0.3, -0.25) is 0 Å². The lowest BCUT2D eigenvalue weighted by molar-refractivity contribution is 0.369. The van der Waals surface area contributed by atoms with Crippen molar-refractivity contribution in [3.05, 3.63) is 41.9 Å². The fraction of sp³-hybridized carbons (Fsp3) is 0.167. The summed E-state index contributed by atoms with van der Waals surface area (Å²) in [6.07, 6.45) is 1.26. The minimum absolute atomic E-state index is 0.0521. The van der Waals surface area contributed by atoms with Crippen molar-refractivity contribution in [2.75, 3.05) is 0 Å². The summed E-state index contributed by atoms with van der Waals surface area (Å²) < 4.78 is 43.6. The van der Waals surface area contributed by atoms with Crippen LogP contribution in [-0.2, 0) is 15.6 Å². The summed E-state index contributed by atoms with van der Waals surface area (Å²) >= 11 is 0. The number of hydrogen-bond donors (Lipinski definition) is 0. The smallest absolute Gasteiger partial charge is 0.263 e. The van der Waals surface area contributed by atoms with Crippen LogP contribution >= 0.6 is 10.7 Å². The van der Waals surface area contributed by atoms with E-state index in [4.69, 9.17) is 15.2 Å². The van der Waals surface area contributed by atoms with Gasteiger partial charge in [-0.2, -0.15) is 4.98 Å². The molecule has 0 N–H and O–H groups in total. The van der Waals surface area contributed by atoms with Crippen molar-refractivity contribution in [1.82, 2.24) is 14.7 Å². The van der Waals surface area contributed by atoms with E-state index in [9.17, 15) is 12.8 Å². The second-order valence-electron chi connectivity index (χ2n) is 4.43. The van der Waals surface area contributed by atoms with Crippen molar-refractivity contribution < 1.29 is 17.3 Å². The summed E-state index contributed by atoms with van der Waals surface area (Å²) in [5.41, 5.74) is 0.380. The van der Waals surface area contributed by atoms with Crippen LogP contribution in [0.25, 0.3) is 10.9 Å². The summed E-state index contributed by atoms with van der Waals surface area (Å²) in [7, 11) is 1.30. The molecule has 9 heteroatoms. The molecule has 0 atom stereocenters. The SMILES string of the molecule is Cc1noc(Cn2cc(S(=O)(=O)Cl)c3c(F)cccc32)n1. The zero-order chi connectivity index (χ0) is 15.2. The van der Waals surface area contributed by atoms with Crippen LogP contribution in [0.3, 0.4) is 0 Å². The topological polar surface area (TPSA) is 78.0 Å². The third kappa shape index (κ3) is 2.52. The minimum atomic E-state index is -4.07. The number of aromatic nitrogens is 3. The van der Waals surface area contributed by atoms with Crippen molar-refractivity contribution in [2.45, 2.75) is 18.4 Å². The predicted molar refractivity (Wildman–Crippen MR) is 73.1 cm³/mol. The third-order valence-electron chi connectivity index (χ3n) is 2.96. The number of aryl methyl sites for hydroxylation is 1. The van der Waals surface area contributed by atoms with E-state index in [1.807, 2.05) is 0 Å². The van der Waals surface area contributed by atoms with Gasteiger partial charge in [0.25, 0.3) is 9.05 Å². The summed E-state index contributed by atoms with van der Waals surface area (Å²) in [6, 6.07) is 4.25. The lowest BCUT2D eigenvalue weighted by Crippen LogP contribution is -1.98. The lowest BCUT2D eigenvalue weighted by Gasteiger charge is -2.00. The highest BCUT2D eigenvalue weighted by atomic mass is 35.7. The van der Waals surface area contributed by atoms with E-state index in [2.05, 4.69) is 10.1 Å². The Kier molecular flexibility index (Phi) is 3.22. The van der Waals surface area contributed by atoms with Crippen molar-refractivity contribution in [1.29, 1.82) is 0 Å². The number of hydrogen-bond acceptors (Lipinski definition) is 5. The molecule has 1 aromatic carbocycles. The molecule has 110 valence electrons. The zero-order valence-electron chi connectivity index (χ0n) is 10.7. The number of nitrogens with zero attached hydrogens (tertiary/aromatic N) is 3. The molecule has 0 aliphatic rings. The maximum absolute atomic E-state index is 13.9. The maximum Gasteiger partial charge on any atom is 0.263 e. The van der Waals surface area contributed by atoms with Crippen molar-refractivity contribution in [3.8, 4) is 0 Å². The molecule has 0 spiro atoms. The molecule has 0 aliphatic heterocycles. The van der Waals surface area contributed by atoms with Crippen LogP contribution in [-0.4, -0.2) is 23.1 Å². The second kappa shape index (κ2) is 4.81. The van der Waals surface area contributed by atoms with E-state index in [0.717, 1.165) is 0 Å². The minimum Gasteiger partial charge on any atom is -0.337 e. The quantitative estimate of drug-likeness (QED) is 0.690. The van der Waals surface area contributed by atoms with Gasteiger partial charge in [0.05, 0.1) is 10.9 Å².